The lowest BCUT2D eigenvalue weighted by Gasteiger charge is -2.61. The van der Waals surface area contributed by atoms with Crippen LogP contribution >= 0.6 is 11.6 Å². The van der Waals surface area contributed by atoms with Crippen LogP contribution in [0.3, 0.4) is 0 Å². The zero-order chi connectivity index (χ0) is 28.5. The second-order valence-corrected chi connectivity index (χ2v) is 11.4. The Morgan fingerprint density at radius 2 is 1.71 bits per heavy atom. The zero-order valence-corrected chi connectivity index (χ0v) is 22.9. The summed E-state index contributed by atoms with van der Waals surface area (Å²) in [6.07, 6.45) is -0.0466. The topological polar surface area (TPSA) is 167 Å². The number of carboxylic acid groups (broad SMARTS) is 2. The van der Waals surface area contributed by atoms with Crippen molar-refractivity contribution in [2.45, 2.75) is 50.1 Å². The van der Waals surface area contributed by atoms with Crippen molar-refractivity contribution in [3.8, 4) is 0 Å². The van der Waals surface area contributed by atoms with Gasteiger partial charge in [-0.2, -0.15) is 8.42 Å². The highest BCUT2D eigenvalue weighted by molar-refractivity contribution is 7.86. The van der Waals surface area contributed by atoms with Crippen LogP contribution in [0.2, 0.25) is 5.02 Å². The molecule has 2 aromatic rings. The minimum Gasteiger partial charge on any atom is -0.481 e. The Balaban J connectivity index is 2.49. The number of para-hydroxylation sites is 1. The number of benzene rings is 2. The van der Waals surface area contributed by atoms with Gasteiger partial charge in [0.05, 0.1) is 35.8 Å². The van der Waals surface area contributed by atoms with Gasteiger partial charge < -0.3 is 25.6 Å². The summed E-state index contributed by atoms with van der Waals surface area (Å²) in [4.78, 5) is 27.5. The summed E-state index contributed by atoms with van der Waals surface area (Å²) in [5, 5.41) is 21.9. The molecule has 0 spiro atoms. The maximum Gasteiger partial charge on any atom is 0.312 e. The molecular weight excluding hydrogens is 536 g/mol. The molecule has 208 valence electrons. The van der Waals surface area contributed by atoms with E-state index < -0.39 is 55.8 Å². The molecule has 0 radical (unpaired) electrons. The van der Waals surface area contributed by atoms with E-state index in [9.17, 15) is 32.8 Å². The maximum absolute atomic E-state index is 13.4. The van der Waals surface area contributed by atoms with E-state index in [1.807, 2.05) is 0 Å². The van der Waals surface area contributed by atoms with Gasteiger partial charge in [0.1, 0.15) is 4.90 Å². The number of piperidine rings is 1. The summed E-state index contributed by atoms with van der Waals surface area (Å²) < 4.78 is 40.6. The van der Waals surface area contributed by atoms with E-state index >= 15 is 0 Å². The van der Waals surface area contributed by atoms with Crippen LogP contribution in [-0.2, 0) is 24.4 Å². The summed E-state index contributed by atoms with van der Waals surface area (Å²) in [7, 11) is -4.77. The van der Waals surface area contributed by atoms with Crippen LogP contribution in [0.1, 0.15) is 38.7 Å². The number of aliphatic carboxylic acids is 2. The van der Waals surface area contributed by atoms with E-state index in [1.54, 1.807) is 38.1 Å². The van der Waals surface area contributed by atoms with Crippen molar-refractivity contribution in [3.63, 3.8) is 0 Å². The largest absolute Gasteiger partial charge is 0.481 e. The van der Waals surface area contributed by atoms with Gasteiger partial charge in [0.15, 0.2) is 0 Å². The molecule has 3 rings (SSSR count). The van der Waals surface area contributed by atoms with E-state index in [4.69, 9.17) is 22.1 Å². The summed E-state index contributed by atoms with van der Waals surface area (Å²) >= 11 is 6.58. The van der Waals surface area contributed by atoms with Crippen molar-refractivity contribution in [1.29, 1.82) is 0 Å². The van der Waals surface area contributed by atoms with Gasteiger partial charge in [-0.3, -0.25) is 14.1 Å². The second-order valence-electron chi connectivity index (χ2n) is 9.65. The van der Waals surface area contributed by atoms with Crippen LogP contribution in [-0.4, -0.2) is 67.0 Å². The first-order valence-corrected chi connectivity index (χ1v) is 14.0. The van der Waals surface area contributed by atoms with Gasteiger partial charge in [0.25, 0.3) is 10.1 Å². The van der Waals surface area contributed by atoms with Gasteiger partial charge in [-0.25, -0.2) is 0 Å². The Kier molecular flexibility index (Phi) is 8.79. The van der Waals surface area contributed by atoms with E-state index in [0.29, 0.717) is 5.56 Å². The molecule has 1 aliphatic heterocycles. The smallest absolute Gasteiger partial charge is 0.312 e. The molecule has 12 heteroatoms. The highest BCUT2D eigenvalue weighted by Crippen LogP contribution is 2.61. The van der Waals surface area contributed by atoms with E-state index in [0.717, 1.165) is 0 Å². The standard InChI is InChI=1S/C26H33ClN2O8S/c1-4-26(24(32)33)21(15-37-14-13-28)29(19-11-7-8-12-20(19)38(34,35)36)16(2)25(3,23(30)31)22(26)17-9-5-6-10-18(17)27/h5-12,16,21-22H,4,13-15,28H2,1-3H3,(H,30,31)(H,32,33)(H,34,35,36). The first-order chi connectivity index (χ1) is 17.8. The van der Waals surface area contributed by atoms with E-state index in [1.165, 1.54) is 36.1 Å². The number of hydrogen-bond donors (Lipinski definition) is 4. The lowest BCUT2D eigenvalue weighted by molar-refractivity contribution is -0.170. The van der Waals surface area contributed by atoms with Gasteiger partial charge in [-0.15, -0.1) is 0 Å². The Morgan fingerprint density at radius 3 is 2.24 bits per heavy atom. The molecule has 1 fully saturated rings. The van der Waals surface area contributed by atoms with Crippen LogP contribution < -0.4 is 10.6 Å². The average Bonchev–Trinajstić information content (AvgIpc) is 2.86. The van der Waals surface area contributed by atoms with Gasteiger partial charge in [-0.05, 0) is 44.0 Å². The Bertz CT molecular complexity index is 1310. The lowest BCUT2D eigenvalue weighted by Crippen LogP contribution is -2.72. The molecule has 38 heavy (non-hydrogen) atoms. The van der Waals surface area contributed by atoms with Gasteiger partial charge >= 0.3 is 11.9 Å². The monoisotopic (exact) mass is 568 g/mol. The first kappa shape index (κ1) is 29.9. The number of carbonyl (C=O) groups is 2. The van der Waals surface area contributed by atoms with Crippen LogP contribution in [0, 0.1) is 10.8 Å². The SMILES string of the molecule is CCC1(C(=O)O)C(COCCN)N(c2ccccc2S(=O)(=O)O)C(C)C(C)(C(=O)O)C1c1ccccc1Cl. The minimum atomic E-state index is -4.77. The highest BCUT2D eigenvalue weighted by Gasteiger charge is 2.68. The molecule has 0 aromatic heterocycles. The predicted octanol–water partition coefficient (Wildman–Crippen LogP) is 3.49. The normalized spacial score (nSPS) is 27.7. The van der Waals surface area contributed by atoms with Crippen molar-refractivity contribution in [2.75, 3.05) is 24.7 Å². The Morgan fingerprint density at radius 1 is 1.11 bits per heavy atom. The molecular formula is C26H33ClN2O8S. The van der Waals surface area contributed by atoms with E-state index in [2.05, 4.69) is 0 Å². The zero-order valence-electron chi connectivity index (χ0n) is 21.4. The molecule has 1 aliphatic rings. The fourth-order valence-electron chi connectivity index (χ4n) is 6.02. The molecule has 2 aromatic carbocycles. The lowest BCUT2D eigenvalue weighted by atomic mass is 9.50. The van der Waals surface area contributed by atoms with Gasteiger partial charge in [0.2, 0.25) is 0 Å². The first-order valence-electron chi connectivity index (χ1n) is 12.1. The summed E-state index contributed by atoms with van der Waals surface area (Å²) in [5.74, 6) is -3.73. The highest BCUT2D eigenvalue weighted by atomic mass is 35.5. The predicted molar refractivity (Wildman–Crippen MR) is 142 cm³/mol. The van der Waals surface area contributed by atoms with Crippen LogP contribution in [0.25, 0.3) is 0 Å². The van der Waals surface area contributed by atoms with Crippen molar-refractivity contribution in [1.82, 2.24) is 0 Å². The number of hydrogen-bond acceptors (Lipinski definition) is 7. The molecule has 5 unspecified atom stereocenters. The molecule has 0 aliphatic carbocycles. The number of nitrogens with zero attached hydrogens (tertiary/aromatic N) is 1. The number of carboxylic acids is 2. The van der Waals surface area contributed by atoms with Gasteiger partial charge in [0, 0.05) is 23.5 Å². The number of anilines is 1. The average molecular weight is 569 g/mol. The third kappa shape index (κ3) is 4.77. The third-order valence-electron chi connectivity index (χ3n) is 7.95. The third-order valence-corrected chi connectivity index (χ3v) is 9.20. The van der Waals surface area contributed by atoms with Crippen molar-refractivity contribution in [3.05, 3.63) is 59.1 Å². The summed E-state index contributed by atoms with van der Waals surface area (Å²) in [6, 6.07) is 9.99. The van der Waals surface area contributed by atoms with Crippen molar-refractivity contribution < 1.29 is 37.5 Å². The van der Waals surface area contributed by atoms with Crippen LogP contribution in [0.5, 0.6) is 0 Å². The molecule has 5 atom stereocenters. The fraction of sp³-hybridized carbons (Fsp3) is 0.462. The number of nitrogens with two attached hydrogens (primary N) is 1. The maximum atomic E-state index is 13.4. The Hall–Kier alpha value is -2.70. The number of ether oxygens (including phenoxy) is 1. The molecule has 10 nitrogen and oxygen atoms in total. The van der Waals surface area contributed by atoms with Crippen molar-refractivity contribution in [2.24, 2.45) is 16.6 Å². The van der Waals surface area contributed by atoms with Crippen LogP contribution in [0.4, 0.5) is 5.69 Å². The number of rotatable bonds is 10. The molecule has 0 bridgehead atoms. The van der Waals surface area contributed by atoms with E-state index in [-0.39, 0.29) is 36.9 Å². The Labute approximate surface area is 227 Å². The molecule has 5 N–H and O–H groups in total. The molecule has 0 amide bonds. The quantitative estimate of drug-likeness (QED) is 0.246. The minimum absolute atomic E-state index is 0.0343. The van der Waals surface area contributed by atoms with Crippen LogP contribution in [0.15, 0.2) is 53.4 Å². The molecule has 1 saturated heterocycles. The fourth-order valence-corrected chi connectivity index (χ4v) is 6.95. The molecule has 1 heterocycles. The van der Waals surface area contributed by atoms with Crippen molar-refractivity contribution >= 4 is 39.3 Å². The van der Waals surface area contributed by atoms with Gasteiger partial charge in [-0.1, -0.05) is 48.9 Å². The number of halogens is 1. The summed E-state index contributed by atoms with van der Waals surface area (Å²) in [5.41, 5.74) is 2.31. The summed E-state index contributed by atoms with van der Waals surface area (Å²) in [6.45, 7) is 4.70. The second kappa shape index (κ2) is 11.2. The molecule has 0 saturated carbocycles.